The maximum atomic E-state index is 13.0. The maximum absolute atomic E-state index is 13.0. The highest BCUT2D eigenvalue weighted by molar-refractivity contribution is 7.89. The van der Waals surface area contributed by atoms with Crippen LogP contribution in [0.5, 0.6) is 0 Å². The highest BCUT2D eigenvalue weighted by Crippen LogP contribution is 2.14. The Morgan fingerprint density at radius 1 is 1.09 bits per heavy atom. The molecular formula is C14H13F2N3O3S. The lowest BCUT2D eigenvalue weighted by molar-refractivity contribution is 0.251. The number of rotatable bonds is 4. The lowest BCUT2D eigenvalue weighted by atomic mass is 10.2. The molecular weight excluding hydrogens is 328 g/mol. The van der Waals surface area contributed by atoms with Gasteiger partial charge in [0.25, 0.3) is 0 Å². The SMILES string of the molecule is NS(=O)(=O)c1cccc(NC(=O)NCc2cc(F)cc(F)c2)c1. The number of sulfonamides is 1. The zero-order chi connectivity index (χ0) is 17.0. The highest BCUT2D eigenvalue weighted by Gasteiger charge is 2.09. The molecule has 6 nitrogen and oxygen atoms in total. The Bertz CT molecular complexity index is 821. The Hall–Kier alpha value is -2.52. The van der Waals surface area contributed by atoms with Crippen molar-refractivity contribution in [1.82, 2.24) is 5.32 Å². The zero-order valence-corrected chi connectivity index (χ0v) is 12.5. The molecule has 0 fully saturated rings. The topological polar surface area (TPSA) is 101 Å². The van der Waals surface area contributed by atoms with Gasteiger partial charge in [-0.3, -0.25) is 0 Å². The summed E-state index contributed by atoms with van der Waals surface area (Å²) in [5.74, 6) is -1.49. The van der Waals surface area contributed by atoms with Crippen LogP contribution in [0.3, 0.4) is 0 Å². The number of primary sulfonamides is 1. The largest absolute Gasteiger partial charge is 0.334 e. The summed E-state index contributed by atoms with van der Waals surface area (Å²) in [7, 11) is -3.88. The number of urea groups is 1. The second kappa shape index (κ2) is 6.71. The molecule has 2 rings (SSSR count). The fourth-order valence-corrected chi connectivity index (χ4v) is 2.38. The first-order valence-corrected chi connectivity index (χ1v) is 7.91. The third-order valence-corrected chi connectivity index (χ3v) is 3.71. The minimum atomic E-state index is -3.88. The summed E-state index contributed by atoms with van der Waals surface area (Å²) >= 11 is 0. The van der Waals surface area contributed by atoms with Crippen LogP contribution in [-0.2, 0) is 16.6 Å². The van der Waals surface area contributed by atoms with Gasteiger partial charge in [0.2, 0.25) is 10.0 Å². The summed E-state index contributed by atoms with van der Waals surface area (Å²) in [6.45, 7) is -0.102. The molecule has 0 atom stereocenters. The maximum Gasteiger partial charge on any atom is 0.319 e. The highest BCUT2D eigenvalue weighted by atomic mass is 32.2. The van der Waals surface area contributed by atoms with E-state index in [1.807, 2.05) is 0 Å². The molecule has 0 aromatic heterocycles. The van der Waals surface area contributed by atoms with Crippen LogP contribution in [-0.4, -0.2) is 14.4 Å². The van der Waals surface area contributed by atoms with Crippen molar-refractivity contribution in [3.05, 3.63) is 59.7 Å². The van der Waals surface area contributed by atoms with E-state index in [1.54, 1.807) is 0 Å². The fourth-order valence-electron chi connectivity index (χ4n) is 1.82. The minimum Gasteiger partial charge on any atom is -0.334 e. The van der Waals surface area contributed by atoms with Gasteiger partial charge in [-0.2, -0.15) is 0 Å². The third-order valence-electron chi connectivity index (χ3n) is 2.80. The van der Waals surface area contributed by atoms with Crippen molar-refractivity contribution in [2.75, 3.05) is 5.32 Å². The van der Waals surface area contributed by atoms with E-state index < -0.39 is 27.7 Å². The van der Waals surface area contributed by atoms with Crippen LogP contribution in [0.1, 0.15) is 5.56 Å². The van der Waals surface area contributed by atoms with Gasteiger partial charge in [-0.15, -0.1) is 0 Å². The molecule has 0 aliphatic rings. The number of carbonyl (C=O) groups is 1. The molecule has 0 aliphatic carbocycles. The molecule has 2 amide bonds. The van der Waals surface area contributed by atoms with Crippen LogP contribution >= 0.6 is 0 Å². The van der Waals surface area contributed by atoms with Gasteiger partial charge >= 0.3 is 6.03 Å². The Morgan fingerprint density at radius 2 is 1.74 bits per heavy atom. The van der Waals surface area contributed by atoms with E-state index in [4.69, 9.17) is 5.14 Å². The summed E-state index contributed by atoms with van der Waals surface area (Å²) in [5, 5.41) is 9.78. The van der Waals surface area contributed by atoms with Crippen molar-refractivity contribution in [1.29, 1.82) is 0 Å². The van der Waals surface area contributed by atoms with Gasteiger partial charge in [-0.05, 0) is 35.9 Å². The van der Waals surface area contributed by atoms with Gasteiger partial charge < -0.3 is 10.6 Å². The fraction of sp³-hybridized carbons (Fsp3) is 0.0714. The molecule has 9 heteroatoms. The molecule has 0 bridgehead atoms. The van der Waals surface area contributed by atoms with E-state index in [2.05, 4.69) is 10.6 Å². The lowest BCUT2D eigenvalue weighted by Crippen LogP contribution is -2.28. The summed E-state index contributed by atoms with van der Waals surface area (Å²) in [6.07, 6.45) is 0. The quantitative estimate of drug-likeness (QED) is 0.792. The number of halogens is 2. The van der Waals surface area contributed by atoms with E-state index in [0.29, 0.717) is 0 Å². The number of amides is 2. The standard InChI is InChI=1S/C14H13F2N3O3S/c15-10-4-9(5-11(16)6-10)8-18-14(20)19-12-2-1-3-13(7-12)23(17,21)22/h1-7H,8H2,(H2,17,21,22)(H2,18,19,20). The van der Waals surface area contributed by atoms with Crippen molar-refractivity contribution in [2.45, 2.75) is 11.4 Å². The molecule has 0 radical (unpaired) electrons. The van der Waals surface area contributed by atoms with E-state index in [0.717, 1.165) is 18.2 Å². The average Bonchev–Trinajstić information content (AvgIpc) is 2.43. The van der Waals surface area contributed by atoms with E-state index in [1.165, 1.54) is 24.3 Å². The number of hydrogen-bond donors (Lipinski definition) is 3. The molecule has 0 aliphatic heterocycles. The first-order chi connectivity index (χ1) is 10.7. The number of carbonyl (C=O) groups excluding carboxylic acids is 1. The van der Waals surface area contributed by atoms with Crippen LogP contribution in [0.4, 0.5) is 19.3 Å². The van der Waals surface area contributed by atoms with Crippen molar-refractivity contribution >= 4 is 21.7 Å². The predicted molar refractivity (Wildman–Crippen MR) is 80.0 cm³/mol. The zero-order valence-electron chi connectivity index (χ0n) is 11.7. The number of anilines is 1. The monoisotopic (exact) mass is 341 g/mol. The summed E-state index contributed by atoms with van der Waals surface area (Å²) in [6, 6.07) is 7.59. The molecule has 23 heavy (non-hydrogen) atoms. The molecule has 0 heterocycles. The normalized spacial score (nSPS) is 11.1. The molecule has 0 unspecified atom stereocenters. The Balaban J connectivity index is 2.00. The summed E-state index contributed by atoms with van der Waals surface area (Å²) in [4.78, 5) is 11.6. The van der Waals surface area contributed by atoms with Crippen molar-refractivity contribution in [3.8, 4) is 0 Å². The van der Waals surface area contributed by atoms with Gasteiger partial charge in [0, 0.05) is 18.3 Å². The van der Waals surface area contributed by atoms with Crippen LogP contribution in [0.25, 0.3) is 0 Å². The molecule has 4 N–H and O–H groups in total. The molecule has 0 spiro atoms. The van der Waals surface area contributed by atoms with Crippen molar-refractivity contribution in [3.63, 3.8) is 0 Å². The van der Waals surface area contributed by atoms with Gasteiger partial charge in [0.1, 0.15) is 11.6 Å². The molecule has 0 saturated heterocycles. The Labute approximate surface area is 131 Å². The van der Waals surface area contributed by atoms with Gasteiger partial charge in [-0.25, -0.2) is 27.1 Å². The number of nitrogens with two attached hydrogens (primary N) is 1. The van der Waals surface area contributed by atoms with Gasteiger partial charge in [0.05, 0.1) is 4.90 Å². The Kier molecular flexibility index (Phi) is 4.92. The number of hydrogen-bond acceptors (Lipinski definition) is 3. The first-order valence-electron chi connectivity index (χ1n) is 6.37. The molecule has 122 valence electrons. The van der Waals surface area contributed by atoms with Gasteiger partial charge in [-0.1, -0.05) is 6.07 Å². The second-order valence-electron chi connectivity index (χ2n) is 4.66. The first kappa shape index (κ1) is 16.8. The van der Waals surface area contributed by atoms with Crippen molar-refractivity contribution < 1.29 is 22.0 Å². The minimum absolute atomic E-state index is 0.102. The summed E-state index contributed by atoms with van der Waals surface area (Å²) in [5.41, 5.74) is 0.454. The smallest absolute Gasteiger partial charge is 0.319 e. The Morgan fingerprint density at radius 3 is 2.35 bits per heavy atom. The summed E-state index contributed by atoms with van der Waals surface area (Å²) < 4.78 is 48.5. The van der Waals surface area contributed by atoms with E-state index in [9.17, 15) is 22.0 Å². The lowest BCUT2D eigenvalue weighted by Gasteiger charge is -2.09. The number of nitrogens with one attached hydrogen (secondary N) is 2. The number of benzene rings is 2. The molecule has 2 aromatic carbocycles. The van der Waals surface area contributed by atoms with Crippen LogP contribution in [0.2, 0.25) is 0 Å². The van der Waals surface area contributed by atoms with E-state index in [-0.39, 0.29) is 22.7 Å². The van der Waals surface area contributed by atoms with Gasteiger partial charge in [0.15, 0.2) is 0 Å². The van der Waals surface area contributed by atoms with Crippen LogP contribution < -0.4 is 15.8 Å². The molecule has 0 saturated carbocycles. The predicted octanol–water partition coefficient (Wildman–Crippen LogP) is 1.93. The van der Waals surface area contributed by atoms with Crippen LogP contribution in [0, 0.1) is 11.6 Å². The molecule has 2 aromatic rings. The van der Waals surface area contributed by atoms with E-state index >= 15 is 0 Å². The average molecular weight is 341 g/mol. The third kappa shape index (κ3) is 5.01. The second-order valence-corrected chi connectivity index (χ2v) is 6.22. The van der Waals surface area contributed by atoms with Crippen LogP contribution in [0.15, 0.2) is 47.4 Å². The van der Waals surface area contributed by atoms with Crippen molar-refractivity contribution in [2.24, 2.45) is 5.14 Å².